The minimum Gasteiger partial charge on any atom is -0.353 e. The molecule has 0 aliphatic heterocycles. The van der Waals surface area contributed by atoms with Crippen molar-refractivity contribution in [3.8, 4) is 0 Å². The topological polar surface area (TPSA) is 63.2 Å². The van der Waals surface area contributed by atoms with Crippen LogP contribution in [0.25, 0.3) is 0 Å². The monoisotopic (exact) mass is 309 g/mol. The lowest BCUT2D eigenvalue weighted by atomic mass is 9.87. The summed E-state index contributed by atoms with van der Waals surface area (Å²) in [6, 6.07) is 6.87. The van der Waals surface area contributed by atoms with Crippen LogP contribution in [-0.4, -0.2) is 26.6 Å². The largest absolute Gasteiger partial charge is 0.353 e. The minimum atomic E-state index is -3.43. The fourth-order valence-corrected chi connectivity index (χ4v) is 3.02. The fraction of sp³-hybridized carbons (Fsp3) is 0.438. The minimum absolute atomic E-state index is 0.0210. The van der Waals surface area contributed by atoms with Crippen molar-refractivity contribution < 1.29 is 13.2 Å². The third-order valence-electron chi connectivity index (χ3n) is 3.12. The zero-order valence-corrected chi connectivity index (χ0v) is 13.7. The highest BCUT2D eigenvalue weighted by Gasteiger charge is 2.18. The Kier molecular flexibility index (Phi) is 5.72. The van der Waals surface area contributed by atoms with Crippen LogP contribution >= 0.6 is 0 Å². The summed E-state index contributed by atoms with van der Waals surface area (Å²) >= 11 is 0. The highest BCUT2D eigenvalue weighted by Crippen LogP contribution is 2.23. The predicted octanol–water partition coefficient (Wildman–Crippen LogP) is 2.45. The van der Waals surface area contributed by atoms with E-state index < -0.39 is 9.84 Å². The van der Waals surface area contributed by atoms with Crippen LogP contribution in [0.4, 0.5) is 0 Å². The molecule has 1 rings (SSSR count). The Hall–Kier alpha value is -1.62. The fourth-order valence-electron chi connectivity index (χ4n) is 1.78. The van der Waals surface area contributed by atoms with Crippen molar-refractivity contribution >= 4 is 15.7 Å². The summed E-state index contributed by atoms with van der Waals surface area (Å²) in [6.07, 6.45) is 1.51. The van der Waals surface area contributed by atoms with E-state index >= 15 is 0 Å². The number of hydrogen-bond donors (Lipinski definition) is 1. The molecule has 0 unspecified atom stereocenters. The van der Waals surface area contributed by atoms with E-state index in [0.717, 1.165) is 5.56 Å². The van der Waals surface area contributed by atoms with Crippen LogP contribution in [-0.2, 0) is 20.0 Å². The van der Waals surface area contributed by atoms with Crippen molar-refractivity contribution in [3.63, 3.8) is 0 Å². The molecule has 0 saturated heterocycles. The molecule has 0 atom stereocenters. The van der Waals surface area contributed by atoms with Gasteiger partial charge in [0, 0.05) is 13.0 Å². The lowest BCUT2D eigenvalue weighted by Gasteiger charge is -2.19. The quantitative estimate of drug-likeness (QED) is 0.821. The van der Waals surface area contributed by atoms with Gasteiger partial charge in [0.05, 0.1) is 10.6 Å². The van der Waals surface area contributed by atoms with Gasteiger partial charge in [-0.05, 0) is 23.1 Å². The SMILES string of the molecule is C=CCNC(=O)CCS(=O)(=O)c1ccc(C(C)(C)C)cc1. The summed E-state index contributed by atoms with van der Waals surface area (Å²) < 4.78 is 24.3. The third-order valence-corrected chi connectivity index (χ3v) is 4.85. The maximum Gasteiger partial charge on any atom is 0.221 e. The lowest BCUT2D eigenvalue weighted by Crippen LogP contribution is -2.25. The van der Waals surface area contributed by atoms with Crippen LogP contribution in [0.3, 0.4) is 0 Å². The van der Waals surface area contributed by atoms with E-state index in [4.69, 9.17) is 0 Å². The predicted molar refractivity (Wildman–Crippen MR) is 85.0 cm³/mol. The molecular weight excluding hydrogens is 286 g/mol. The van der Waals surface area contributed by atoms with Crippen LogP contribution in [0.1, 0.15) is 32.8 Å². The third kappa shape index (κ3) is 5.34. The van der Waals surface area contributed by atoms with Gasteiger partial charge in [-0.3, -0.25) is 4.79 Å². The van der Waals surface area contributed by atoms with E-state index in [-0.39, 0.29) is 28.4 Å². The second-order valence-electron chi connectivity index (χ2n) is 5.94. The van der Waals surface area contributed by atoms with Gasteiger partial charge in [0.2, 0.25) is 5.91 Å². The second kappa shape index (κ2) is 6.89. The van der Waals surface area contributed by atoms with Gasteiger partial charge < -0.3 is 5.32 Å². The van der Waals surface area contributed by atoms with E-state index in [1.54, 1.807) is 18.2 Å². The van der Waals surface area contributed by atoms with Crippen molar-refractivity contribution in [1.82, 2.24) is 5.32 Å². The van der Waals surface area contributed by atoms with E-state index in [9.17, 15) is 13.2 Å². The maximum atomic E-state index is 12.2. The van der Waals surface area contributed by atoms with E-state index in [0.29, 0.717) is 6.54 Å². The zero-order valence-electron chi connectivity index (χ0n) is 12.8. The number of carbonyl (C=O) groups is 1. The molecule has 1 N–H and O–H groups in total. The Morgan fingerprint density at radius 3 is 2.29 bits per heavy atom. The number of benzene rings is 1. The van der Waals surface area contributed by atoms with Gasteiger partial charge in [-0.15, -0.1) is 6.58 Å². The molecule has 1 aromatic carbocycles. The van der Waals surface area contributed by atoms with Gasteiger partial charge in [0.15, 0.2) is 9.84 Å². The highest BCUT2D eigenvalue weighted by molar-refractivity contribution is 7.91. The molecule has 5 heteroatoms. The van der Waals surface area contributed by atoms with Gasteiger partial charge in [0.1, 0.15) is 0 Å². The number of nitrogens with one attached hydrogen (secondary N) is 1. The molecule has 0 aliphatic carbocycles. The average Bonchev–Trinajstić information content (AvgIpc) is 2.42. The molecule has 0 fully saturated rings. The molecule has 0 aromatic heterocycles. The van der Waals surface area contributed by atoms with Crippen molar-refractivity contribution in [3.05, 3.63) is 42.5 Å². The van der Waals surface area contributed by atoms with E-state index in [2.05, 4.69) is 32.7 Å². The molecule has 0 bridgehead atoms. The van der Waals surface area contributed by atoms with Crippen LogP contribution in [0.15, 0.2) is 41.8 Å². The summed E-state index contributed by atoms with van der Waals surface area (Å²) in [5, 5.41) is 2.56. The molecular formula is C16H23NO3S. The Morgan fingerprint density at radius 2 is 1.81 bits per heavy atom. The number of amides is 1. The molecule has 21 heavy (non-hydrogen) atoms. The first kappa shape index (κ1) is 17.4. The van der Waals surface area contributed by atoms with Gasteiger partial charge in [0.25, 0.3) is 0 Å². The van der Waals surface area contributed by atoms with Gasteiger partial charge in [-0.25, -0.2) is 8.42 Å². The Morgan fingerprint density at radius 1 is 1.24 bits per heavy atom. The van der Waals surface area contributed by atoms with Crippen molar-refractivity contribution in [2.24, 2.45) is 0 Å². The maximum absolute atomic E-state index is 12.2. The molecule has 1 aromatic rings. The first-order valence-corrected chi connectivity index (χ1v) is 8.53. The number of sulfone groups is 1. The summed E-state index contributed by atoms with van der Waals surface area (Å²) in [6.45, 7) is 10.0. The number of hydrogen-bond acceptors (Lipinski definition) is 3. The normalized spacial score (nSPS) is 12.0. The molecule has 0 aliphatic rings. The molecule has 0 spiro atoms. The zero-order chi connectivity index (χ0) is 16.1. The first-order chi connectivity index (χ1) is 9.66. The Bertz CT molecular complexity index is 595. The second-order valence-corrected chi connectivity index (χ2v) is 8.05. The van der Waals surface area contributed by atoms with Crippen LogP contribution in [0.5, 0.6) is 0 Å². The van der Waals surface area contributed by atoms with Crippen molar-refractivity contribution in [1.29, 1.82) is 0 Å². The number of rotatable bonds is 6. The molecule has 0 saturated carbocycles. The summed E-state index contributed by atoms with van der Waals surface area (Å²) in [7, 11) is -3.43. The molecule has 0 radical (unpaired) electrons. The van der Waals surface area contributed by atoms with E-state index in [1.165, 1.54) is 0 Å². The van der Waals surface area contributed by atoms with Crippen LogP contribution in [0.2, 0.25) is 0 Å². The van der Waals surface area contributed by atoms with Crippen molar-refractivity contribution in [2.45, 2.75) is 37.5 Å². The lowest BCUT2D eigenvalue weighted by molar-refractivity contribution is -0.120. The Balaban J connectivity index is 2.75. The average molecular weight is 309 g/mol. The molecule has 0 heterocycles. The van der Waals surface area contributed by atoms with Crippen molar-refractivity contribution in [2.75, 3.05) is 12.3 Å². The smallest absolute Gasteiger partial charge is 0.221 e. The Labute approximate surface area is 127 Å². The van der Waals surface area contributed by atoms with Crippen LogP contribution < -0.4 is 5.32 Å². The molecule has 116 valence electrons. The van der Waals surface area contributed by atoms with Gasteiger partial charge in [-0.2, -0.15) is 0 Å². The standard InChI is InChI=1S/C16H23NO3S/c1-5-11-17-15(18)10-12-21(19,20)14-8-6-13(7-9-14)16(2,3)4/h5-9H,1,10-12H2,2-4H3,(H,17,18). The van der Waals surface area contributed by atoms with Gasteiger partial charge >= 0.3 is 0 Å². The summed E-state index contributed by atoms with van der Waals surface area (Å²) in [4.78, 5) is 11.7. The summed E-state index contributed by atoms with van der Waals surface area (Å²) in [5.74, 6) is -0.477. The van der Waals surface area contributed by atoms with Gasteiger partial charge in [-0.1, -0.05) is 39.0 Å². The first-order valence-electron chi connectivity index (χ1n) is 6.88. The number of carbonyl (C=O) groups excluding carboxylic acids is 1. The van der Waals surface area contributed by atoms with E-state index in [1.807, 2.05) is 12.1 Å². The van der Waals surface area contributed by atoms with Crippen LogP contribution in [0, 0.1) is 0 Å². The summed E-state index contributed by atoms with van der Waals surface area (Å²) in [5.41, 5.74) is 1.05. The highest BCUT2D eigenvalue weighted by atomic mass is 32.2. The molecule has 4 nitrogen and oxygen atoms in total. The molecule has 1 amide bonds.